The molecular formula is C17H21NO6S. The average molecular weight is 367 g/mol. The van der Waals surface area contributed by atoms with Gasteiger partial charge in [-0.1, -0.05) is 29.8 Å². The highest BCUT2D eigenvalue weighted by Crippen LogP contribution is 2.17. The molecule has 136 valence electrons. The molecule has 0 aliphatic rings. The Morgan fingerprint density at radius 3 is 1.80 bits per heavy atom. The molecule has 0 aliphatic carbocycles. The van der Waals surface area contributed by atoms with Crippen LogP contribution in [0.5, 0.6) is 0 Å². The van der Waals surface area contributed by atoms with E-state index in [1.54, 1.807) is 12.1 Å². The molecule has 0 atom stereocenters. The van der Waals surface area contributed by atoms with E-state index in [4.69, 9.17) is 10.2 Å². The van der Waals surface area contributed by atoms with Crippen LogP contribution in [0.3, 0.4) is 0 Å². The minimum atomic E-state index is -3.75. The van der Waals surface area contributed by atoms with Crippen LogP contribution in [0.1, 0.15) is 18.4 Å². The Bertz CT molecular complexity index is 722. The smallest absolute Gasteiger partial charge is 0.327 e. The molecule has 2 N–H and O–H groups in total. The highest BCUT2D eigenvalue weighted by Gasteiger charge is 2.23. The molecule has 0 spiro atoms. The SMILES string of the molecule is Cc1ccc(S(=O)(=O)N(CC/C=C/C(=O)O)CC/C=C/C(=O)O)cc1. The molecule has 25 heavy (non-hydrogen) atoms. The molecule has 0 aliphatic heterocycles. The van der Waals surface area contributed by atoms with Gasteiger partial charge in [0.25, 0.3) is 0 Å². The van der Waals surface area contributed by atoms with E-state index >= 15 is 0 Å². The van der Waals surface area contributed by atoms with E-state index in [0.29, 0.717) is 0 Å². The van der Waals surface area contributed by atoms with Gasteiger partial charge in [-0.15, -0.1) is 0 Å². The fourth-order valence-corrected chi connectivity index (χ4v) is 3.49. The molecule has 0 unspecified atom stereocenters. The first kappa shape index (κ1) is 20.6. The standard InChI is InChI=1S/C17H21NO6S/c1-14-8-10-15(11-9-14)25(23,24)18(12-4-2-6-16(19)20)13-5-3-7-17(21)22/h2-3,6-11H,4-5,12-13H2,1H3,(H,19,20)(H,21,22)/b6-2+,7-3+. The van der Waals surface area contributed by atoms with E-state index in [9.17, 15) is 18.0 Å². The third kappa shape index (κ3) is 7.32. The summed E-state index contributed by atoms with van der Waals surface area (Å²) in [6, 6.07) is 6.41. The van der Waals surface area contributed by atoms with E-state index in [1.807, 2.05) is 6.92 Å². The Kier molecular flexibility index (Phi) is 8.03. The Balaban J connectivity index is 2.92. The maximum Gasteiger partial charge on any atom is 0.327 e. The van der Waals surface area contributed by atoms with Gasteiger partial charge in [-0.3, -0.25) is 0 Å². The van der Waals surface area contributed by atoms with Crippen LogP contribution in [0, 0.1) is 6.92 Å². The molecule has 0 radical (unpaired) electrons. The highest BCUT2D eigenvalue weighted by molar-refractivity contribution is 7.89. The molecule has 0 fully saturated rings. The summed E-state index contributed by atoms with van der Waals surface area (Å²) >= 11 is 0. The maximum atomic E-state index is 12.7. The number of nitrogens with zero attached hydrogens (tertiary/aromatic N) is 1. The quantitative estimate of drug-likeness (QED) is 0.612. The molecule has 1 rings (SSSR count). The van der Waals surface area contributed by atoms with Crippen molar-refractivity contribution in [3.63, 3.8) is 0 Å². The predicted octanol–water partition coefficient (Wildman–Crippen LogP) is 2.05. The highest BCUT2D eigenvalue weighted by atomic mass is 32.2. The van der Waals surface area contributed by atoms with Crippen LogP contribution >= 0.6 is 0 Å². The number of sulfonamides is 1. The van der Waals surface area contributed by atoms with Gasteiger partial charge in [0.15, 0.2) is 0 Å². The normalized spacial score (nSPS) is 12.2. The first-order valence-corrected chi connectivity index (χ1v) is 9.03. The number of benzene rings is 1. The number of rotatable bonds is 10. The molecule has 0 aromatic heterocycles. The van der Waals surface area contributed by atoms with Crippen molar-refractivity contribution in [1.82, 2.24) is 4.31 Å². The molecule has 0 saturated carbocycles. The van der Waals surface area contributed by atoms with E-state index in [1.165, 1.54) is 28.6 Å². The Morgan fingerprint density at radius 2 is 1.40 bits per heavy atom. The van der Waals surface area contributed by atoms with Gasteiger partial charge in [0.1, 0.15) is 0 Å². The lowest BCUT2D eigenvalue weighted by Gasteiger charge is -2.21. The lowest BCUT2D eigenvalue weighted by atomic mass is 10.2. The summed E-state index contributed by atoms with van der Waals surface area (Å²) in [6.45, 7) is 2.05. The Labute approximate surface area is 146 Å². The summed E-state index contributed by atoms with van der Waals surface area (Å²) in [7, 11) is -3.75. The maximum absolute atomic E-state index is 12.7. The number of hydrogen-bond acceptors (Lipinski definition) is 4. The van der Waals surface area contributed by atoms with Crippen molar-refractivity contribution >= 4 is 22.0 Å². The van der Waals surface area contributed by atoms with Crippen molar-refractivity contribution in [2.24, 2.45) is 0 Å². The van der Waals surface area contributed by atoms with Crippen LogP contribution in [0.15, 0.2) is 53.5 Å². The van der Waals surface area contributed by atoms with E-state index in [0.717, 1.165) is 17.7 Å². The molecule has 8 heteroatoms. The number of aliphatic carboxylic acids is 2. The molecule has 0 heterocycles. The van der Waals surface area contributed by atoms with Gasteiger partial charge in [-0.25, -0.2) is 18.0 Å². The second-order valence-corrected chi connectivity index (χ2v) is 7.21. The van der Waals surface area contributed by atoms with Crippen LogP contribution in [0.25, 0.3) is 0 Å². The number of aryl methyl sites for hydroxylation is 1. The summed E-state index contributed by atoms with van der Waals surface area (Å²) in [6.07, 6.45) is 5.16. The first-order valence-electron chi connectivity index (χ1n) is 7.59. The number of carboxylic acid groups (broad SMARTS) is 2. The Hall–Kier alpha value is -2.45. The van der Waals surface area contributed by atoms with Crippen molar-refractivity contribution in [2.75, 3.05) is 13.1 Å². The summed E-state index contributed by atoms with van der Waals surface area (Å²) < 4.78 is 26.7. The fourth-order valence-electron chi connectivity index (χ4n) is 2.02. The topological polar surface area (TPSA) is 112 Å². The zero-order valence-corrected chi connectivity index (χ0v) is 14.6. The van der Waals surface area contributed by atoms with Crippen LogP contribution in [-0.4, -0.2) is 48.0 Å². The van der Waals surface area contributed by atoms with Crippen LogP contribution < -0.4 is 0 Å². The number of carbonyl (C=O) groups is 2. The lowest BCUT2D eigenvalue weighted by Crippen LogP contribution is -2.32. The third-order valence-corrected chi connectivity index (χ3v) is 5.18. The summed E-state index contributed by atoms with van der Waals surface area (Å²) in [4.78, 5) is 21.1. The van der Waals surface area contributed by atoms with E-state index in [2.05, 4.69) is 0 Å². The minimum absolute atomic E-state index is 0.0981. The second-order valence-electron chi connectivity index (χ2n) is 5.28. The van der Waals surface area contributed by atoms with Crippen LogP contribution in [-0.2, 0) is 19.6 Å². The summed E-state index contributed by atoms with van der Waals surface area (Å²) in [5.74, 6) is -2.20. The monoisotopic (exact) mass is 367 g/mol. The zero-order chi connectivity index (χ0) is 18.9. The van der Waals surface area contributed by atoms with Gasteiger partial charge in [-0.2, -0.15) is 4.31 Å². The molecular weight excluding hydrogens is 346 g/mol. The summed E-state index contributed by atoms with van der Waals surface area (Å²) in [5, 5.41) is 17.2. The van der Waals surface area contributed by atoms with Gasteiger partial charge in [0.05, 0.1) is 4.90 Å². The zero-order valence-electron chi connectivity index (χ0n) is 13.8. The summed E-state index contributed by atoms with van der Waals surface area (Å²) in [5.41, 5.74) is 0.930. The van der Waals surface area contributed by atoms with Crippen molar-refractivity contribution in [3.05, 3.63) is 54.1 Å². The van der Waals surface area contributed by atoms with Crippen molar-refractivity contribution in [1.29, 1.82) is 0 Å². The van der Waals surface area contributed by atoms with Gasteiger partial charge >= 0.3 is 11.9 Å². The van der Waals surface area contributed by atoms with Crippen molar-refractivity contribution in [2.45, 2.75) is 24.7 Å². The van der Waals surface area contributed by atoms with Gasteiger partial charge in [0.2, 0.25) is 10.0 Å². The molecule has 7 nitrogen and oxygen atoms in total. The van der Waals surface area contributed by atoms with E-state index in [-0.39, 0.29) is 30.8 Å². The van der Waals surface area contributed by atoms with Gasteiger partial charge in [-0.05, 0) is 31.9 Å². The van der Waals surface area contributed by atoms with Crippen molar-refractivity contribution in [3.8, 4) is 0 Å². The molecule has 1 aromatic carbocycles. The Morgan fingerprint density at radius 1 is 0.960 bits per heavy atom. The van der Waals surface area contributed by atoms with Gasteiger partial charge in [0, 0.05) is 25.2 Å². The molecule has 0 amide bonds. The molecule has 1 aromatic rings. The second kappa shape index (κ2) is 9.75. The predicted molar refractivity (Wildman–Crippen MR) is 92.7 cm³/mol. The largest absolute Gasteiger partial charge is 0.478 e. The average Bonchev–Trinajstić information content (AvgIpc) is 2.53. The third-order valence-electron chi connectivity index (χ3n) is 3.27. The molecule has 0 saturated heterocycles. The van der Waals surface area contributed by atoms with Crippen LogP contribution in [0.4, 0.5) is 0 Å². The van der Waals surface area contributed by atoms with E-state index < -0.39 is 22.0 Å². The number of carboxylic acids is 2. The van der Waals surface area contributed by atoms with Crippen LogP contribution in [0.2, 0.25) is 0 Å². The lowest BCUT2D eigenvalue weighted by molar-refractivity contribution is -0.132. The fraction of sp³-hybridized carbons (Fsp3) is 0.294. The first-order chi connectivity index (χ1) is 11.7. The minimum Gasteiger partial charge on any atom is -0.478 e. The van der Waals surface area contributed by atoms with Gasteiger partial charge < -0.3 is 10.2 Å². The molecule has 0 bridgehead atoms. The van der Waals surface area contributed by atoms with Crippen molar-refractivity contribution < 1.29 is 28.2 Å². The number of hydrogen-bond donors (Lipinski definition) is 2.